The first-order valence-corrected chi connectivity index (χ1v) is 9.63. The molecular weight excluding hydrogens is 384 g/mol. The van der Waals surface area contributed by atoms with Crippen molar-refractivity contribution in [2.45, 2.75) is 12.8 Å². The molecule has 1 aliphatic heterocycles. The van der Waals surface area contributed by atoms with Crippen LogP contribution in [0.5, 0.6) is 0 Å². The van der Waals surface area contributed by atoms with E-state index in [2.05, 4.69) is 5.32 Å². The van der Waals surface area contributed by atoms with E-state index in [4.69, 9.17) is 9.15 Å². The number of amides is 2. The zero-order chi connectivity index (χ0) is 20.9. The highest BCUT2D eigenvalue weighted by Crippen LogP contribution is 2.27. The molecule has 0 saturated heterocycles. The monoisotopic (exact) mass is 404 g/mol. The molecule has 7 heteroatoms. The SMILES string of the molecule is O=C(Nc1ccccc1C(=O)OCC(=O)N1CCCc2ccccc21)c1ccco1. The Kier molecular flexibility index (Phi) is 5.61. The first kappa shape index (κ1) is 19.4. The van der Waals surface area contributed by atoms with Crippen molar-refractivity contribution in [3.63, 3.8) is 0 Å². The van der Waals surface area contributed by atoms with Crippen molar-refractivity contribution in [2.24, 2.45) is 0 Å². The number of esters is 1. The quantitative estimate of drug-likeness (QED) is 0.656. The van der Waals surface area contributed by atoms with E-state index in [1.54, 1.807) is 29.2 Å². The third-order valence-electron chi connectivity index (χ3n) is 4.88. The van der Waals surface area contributed by atoms with E-state index >= 15 is 0 Å². The molecular formula is C23H20N2O5. The summed E-state index contributed by atoms with van der Waals surface area (Å²) in [7, 11) is 0. The largest absolute Gasteiger partial charge is 0.459 e. The summed E-state index contributed by atoms with van der Waals surface area (Å²) >= 11 is 0. The highest BCUT2D eigenvalue weighted by Gasteiger charge is 2.24. The fourth-order valence-electron chi connectivity index (χ4n) is 3.44. The summed E-state index contributed by atoms with van der Waals surface area (Å²) in [4.78, 5) is 39.2. The van der Waals surface area contributed by atoms with Crippen LogP contribution in [0.3, 0.4) is 0 Å². The topological polar surface area (TPSA) is 88.8 Å². The minimum atomic E-state index is -0.691. The molecule has 0 spiro atoms. The van der Waals surface area contributed by atoms with Gasteiger partial charge in [0, 0.05) is 12.2 Å². The third kappa shape index (κ3) is 4.10. The molecule has 1 N–H and O–H groups in total. The van der Waals surface area contributed by atoms with Crippen molar-refractivity contribution in [3.8, 4) is 0 Å². The van der Waals surface area contributed by atoms with Crippen LogP contribution in [-0.2, 0) is 16.0 Å². The minimum absolute atomic E-state index is 0.122. The molecule has 4 rings (SSSR count). The molecule has 0 bridgehead atoms. The lowest BCUT2D eigenvalue weighted by atomic mass is 10.0. The number of rotatable bonds is 5. The Bertz CT molecular complexity index is 1070. The molecule has 152 valence electrons. The van der Waals surface area contributed by atoms with E-state index in [1.165, 1.54) is 18.4 Å². The highest BCUT2D eigenvalue weighted by atomic mass is 16.5. The lowest BCUT2D eigenvalue weighted by Gasteiger charge is -2.29. The Balaban J connectivity index is 1.43. The number of para-hydroxylation sites is 2. The number of carbonyl (C=O) groups is 3. The second-order valence-electron chi connectivity index (χ2n) is 6.83. The molecule has 2 heterocycles. The lowest BCUT2D eigenvalue weighted by Crippen LogP contribution is -2.38. The van der Waals surface area contributed by atoms with Crippen LogP contribution in [-0.4, -0.2) is 30.9 Å². The molecule has 3 aromatic rings. The predicted molar refractivity (Wildman–Crippen MR) is 111 cm³/mol. The smallest absolute Gasteiger partial charge is 0.340 e. The third-order valence-corrected chi connectivity index (χ3v) is 4.88. The fraction of sp³-hybridized carbons (Fsp3) is 0.174. The predicted octanol–water partition coefficient (Wildman–Crippen LogP) is 3.67. The Hall–Kier alpha value is -3.87. The van der Waals surface area contributed by atoms with Gasteiger partial charge in [-0.25, -0.2) is 4.79 Å². The van der Waals surface area contributed by atoms with Gasteiger partial charge >= 0.3 is 5.97 Å². The van der Waals surface area contributed by atoms with Crippen molar-refractivity contribution < 1.29 is 23.5 Å². The number of hydrogen-bond donors (Lipinski definition) is 1. The number of furan rings is 1. The number of anilines is 2. The van der Waals surface area contributed by atoms with E-state index in [1.807, 2.05) is 24.3 Å². The number of benzene rings is 2. The standard InChI is InChI=1S/C23H20N2O5/c26-21(25-13-5-8-16-7-1-4-11-19(16)25)15-30-23(28)17-9-2-3-10-18(17)24-22(27)20-12-6-14-29-20/h1-4,6-7,9-12,14H,5,8,13,15H2,(H,24,27). The summed E-state index contributed by atoms with van der Waals surface area (Å²) in [6.07, 6.45) is 3.17. The Morgan fingerprint density at radius 2 is 1.80 bits per heavy atom. The van der Waals surface area contributed by atoms with E-state index < -0.39 is 11.9 Å². The molecule has 0 unspecified atom stereocenters. The molecule has 1 aromatic heterocycles. The molecule has 0 radical (unpaired) electrons. The van der Waals surface area contributed by atoms with Crippen LogP contribution >= 0.6 is 0 Å². The number of carbonyl (C=O) groups excluding carboxylic acids is 3. The molecule has 2 amide bonds. The lowest BCUT2D eigenvalue weighted by molar-refractivity contribution is -0.121. The number of aryl methyl sites for hydroxylation is 1. The number of hydrogen-bond acceptors (Lipinski definition) is 5. The average Bonchev–Trinajstić information content (AvgIpc) is 3.32. The minimum Gasteiger partial charge on any atom is -0.459 e. The van der Waals surface area contributed by atoms with Gasteiger partial charge in [-0.1, -0.05) is 30.3 Å². The van der Waals surface area contributed by atoms with Gasteiger partial charge in [-0.05, 0) is 48.7 Å². The fourth-order valence-corrected chi connectivity index (χ4v) is 3.44. The van der Waals surface area contributed by atoms with Crippen LogP contribution < -0.4 is 10.2 Å². The van der Waals surface area contributed by atoms with Gasteiger partial charge in [-0.15, -0.1) is 0 Å². The van der Waals surface area contributed by atoms with Crippen LogP contribution in [0.4, 0.5) is 11.4 Å². The van der Waals surface area contributed by atoms with Crippen molar-refractivity contribution in [2.75, 3.05) is 23.4 Å². The highest BCUT2D eigenvalue weighted by molar-refractivity contribution is 6.07. The van der Waals surface area contributed by atoms with Crippen molar-refractivity contribution in [1.82, 2.24) is 0 Å². The average molecular weight is 404 g/mol. The van der Waals surface area contributed by atoms with Gasteiger partial charge in [0.1, 0.15) is 0 Å². The molecule has 0 aliphatic carbocycles. The van der Waals surface area contributed by atoms with Crippen LogP contribution in [0.2, 0.25) is 0 Å². The molecule has 0 saturated carbocycles. The molecule has 1 aliphatic rings. The van der Waals surface area contributed by atoms with Crippen LogP contribution in [0, 0.1) is 0 Å². The maximum Gasteiger partial charge on any atom is 0.340 e. The maximum atomic E-state index is 12.7. The van der Waals surface area contributed by atoms with Crippen molar-refractivity contribution in [1.29, 1.82) is 0 Å². The van der Waals surface area contributed by atoms with Gasteiger partial charge in [0.25, 0.3) is 11.8 Å². The summed E-state index contributed by atoms with van der Waals surface area (Å²) in [5.74, 6) is -1.34. The van der Waals surface area contributed by atoms with Gasteiger partial charge in [0.15, 0.2) is 12.4 Å². The van der Waals surface area contributed by atoms with Crippen molar-refractivity contribution in [3.05, 3.63) is 83.8 Å². The number of fused-ring (bicyclic) bond motifs is 1. The van der Waals surface area contributed by atoms with Crippen LogP contribution in [0.1, 0.15) is 32.9 Å². The molecule has 30 heavy (non-hydrogen) atoms. The first-order valence-electron chi connectivity index (χ1n) is 9.63. The van der Waals surface area contributed by atoms with E-state index in [0.717, 1.165) is 24.1 Å². The number of nitrogens with zero attached hydrogens (tertiary/aromatic N) is 1. The van der Waals surface area contributed by atoms with E-state index in [9.17, 15) is 14.4 Å². The Labute approximate surface area is 173 Å². The summed E-state index contributed by atoms with van der Waals surface area (Å²) in [5, 5.41) is 2.63. The zero-order valence-electron chi connectivity index (χ0n) is 16.2. The van der Waals surface area contributed by atoms with Crippen molar-refractivity contribution >= 4 is 29.2 Å². The summed E-state index contributed by atoms with van der Waals surface area (Å²) in [5.41, 5.74) is 2.40. The second-order valence-corrected chi connectivity index (χ2v) is 6.83. The molecule has 7 nitrogen and oxygen atoms in total. The maximum absolute atomic E-state index is 12.7. The summed E-state index contributed by atoms with van der Waals surface area (Å²) in [6, 6.07) is 17.3. The van der Waals surface area contributed by atoms with E-state index in [-0.39, 0.29) is 29.5 Å². The van der Waals surface area contributed by atoms with Gasteiger partial charge in [-0.3, -0.25) is 9.59 Å². The molecule has 0 fully saturated rings. The van der Waals surface area contributed by atoms with Crippen LogP contribution in [0.25, 0.3) is 0 Å². The normalized spacial score (nSPS) is 12.7. The Morgan fingerprint density at radius 3 is 2.63 bits per heavy atom. The molecule has 2 aromatic carbocycles. The summed E-state index contributed by atoms with van der Waals surface area (Å²) in [6.45, 7) is 0.205. The first-order chi connectivity index (χ1) is 14.6. The van der Waals surface area contributed by atoms with E-state index in [0.29, 0.717) is 6.54 Å². The van der Waals surface area contributed by atoms with Crippen LogP contribution in [0.15, 0.2) is 71.3 Å². The zero-order valence-corrected chi connectivity index (χ0v) is 16.2. The van der Waals surface area contributed by atoms with Gasteiger partial charge < -0.3 is 19.4 Å². The second kappa shape index (κ2) is 8.65. The Morgan fingerprint density at radius 1 is 1.00 bits per heavy atom. The number of nitrogens with one attached hydrogen (secondary N) is 1. The van der Waals surface area contributed by atoms with Gasteiger partial charge in [0.05, 0.1) is 17.5 Å². The molecule has 0 atom stereocenters. The summed E-state index contributed by atoms with van der Waals surface area (Å²) < 4.78 is 10.3. The number of ether oxygens (including phenoxy) is 1. The van der Waals surface area contributed by atoms with Gasteiger partial charge in [0.2, 0.25) is 0 Å². The van der Waals surface area contributed by atoms with Gasteiger partial charge in [-0.2, -0.15) is 0 Å².